The monoisotopic (exact) mass is 236 g/mol. The molecule has 1 aromatic heterocycles. The molecule has 90 valence electrons. The van der Waals surface area contributed by atoms with E-state index in [9.17, 15) is 4.39 Å². The minimum atomic E-state index is -0.264. The maximum absolute atomic E-state index is 13.0. The minimum absolute atomic E-state index is 0.155. The number of aromatic nitrogens is 1. The molecule has 5 heteroatoms. The Labute approximate surface area is 98.3 Å². The molecule has 0 aliphatic heterocycles. The number of rotatable bonds is 4. The van der Waals surface area contributed by atoms with Crippen LogP contribution in [0.4, 0.5) is 10.4 Å². The van der Waals surface area contributed by atoms with Gasteiger partial charge in [0.2, 0.25) is 0 Å². The summed E-state index contributed by atoms with van der Waals surface area (Å²) in [7, 11) is 1.79. The van der Waals surface area contributed by atoms with Gasteiger partial charge in [-0.25, -0.2) is 4.39 Å². The number of aliphatic hydroxyl groups excluding tert-OH is 1. The largest absolute Gasteiger partial charge is 0.432 e. The fourth-order valence-electron chi connectivity index (χ4n) is 1.52. The molecule has 0 atom stereocenters. The Morgan fingerprint density at radius 2 is 2.29 bits per heavy atom. The molecule has 1 heterocycles. The Morgan fingerprint density at radius 3 is 2.94 bits per heavy atom. The van der Waals surface area contributed by atoms with Gasteiger partial charge in [0.05, 0.1) is 6.61 Å². The van der Waals surface area contributed by atoms with Crippen LogP contribution in [0.25, 0.3) is 0 Å². The highest BCUT2D eigenvalue weighted by atomic mass is 19.1. The zero-order valence-corrected chi connectivity index (χ0v) is 9.43. The van der Waals surface area contributed by atoms with Crippen molar-refractivity contribution in [3.63, 3.8) is 0 Å². The maximum Gasteiger partial charge on any atom is 0.297 e. The van der Waals surface area contributed by atoms with E-state index < -0.39 is 0 Å². The van der Waals surface area contributed by atoms with Crippen molar-refractivity contribution in [3.8, 4) is 0 Å². The van der Waals surface area contributed by atoms with Crippen molar-refractivity contribution in [3.05, 3.63) is 47.6 Å². The second-order valence-corrected chi connectivity index (χ2v) is 3.77. The number of hydrogen-bond donors (Lipinski definition) is 1. The van der Waals surface area contributed by atoms with Crippen molar-refractivity contribution >= 4 is 6.01 Å². The number of halogens is 1. The first-order valence-electron chi connectivity index (χ1n) is 5.20. The van der Waals surface area contributed by atoms with Crippen molar-refractivity contribution < 1.29 is 13.9 Å². The zero-order valence-electron chi connectivity index (χ0n) is 9.43. The normalized spacial score (nSPS) is 10.5. The summed E-state index contributed by atoms with van der Waals surface area (Å²) in [6.45, 7) is 0.334. The van der Waals surface area contributed by atoms with E-state index in [2.05, 4.69) is 4.98 Å². The van der Waals surface area contributed by atoms with Gasteiger partial charge in [0, 0.05) is 13.6 Å². The van der Waals surface area contributed by atoms with Gasteiger partial charge in [-0.05, 0) is 17.7 Å². The molecule has 0 saturated carbocycles. The zero-order chi connectivity index (χ0) is 12.3. The molecule has 0 amide bonds. The Balaban J connectivity index is 2.08. The van der Waals surface area contributed by atoms with Gasteiger partial charge in [0.1, 0.15) is 17.8 Å². The summed E-state index contributed by atoms with van der Waals surface area (Å²) in [5.74, 6) is -0.264. The number of benzene rings is 1. The predicted octanol–water partition coefficient (Wildman–Crippen LogP) is 1.94. The van der Waals surface area contributed by atoms with Gasteiger partial charge in [-0.15, -0.1) is 0 Å². The van der Waals surface area contributed by atoms with Crippen LogP contribution in [-0.4, -0.2) is 17.1 Å². The van der Waals surface area contributed by atoms with Crippen LogP contribution in [0.1, 0.15) is 11.3 Å². The Kier molecular flexibility index (Phi) is 3.39. The Hall–Kier alpha value is -1.88. The third kappa shape index (κ3) is 2.82. The summed E-state index contributed by atoms with van der Waals surface area (Å²) in [5.41, 5.74) is 1.31. The first-order chi connectivity index (χ1) is 8.19. The van der Waals surface area contributed by atoms with E-state index in [1.807, 2.05) is 6.07 Å². The highest BCUT2D eigenvalue weighted by Crippen LogP contribution is 2.15. The average molecular weight is 236 g/mol. The first-order valence-corrected chi connectivity index (χ1v) is 5.20. The molecule has 17 heavy (non-hydrogen) atoms. The van der Waals surface area contributed by atoms with Crippen molar-refractivity contribution in [2.24, 2.45) is 0 Å². The second kappa shape index (κ2) is 4.97. The van der Waals surface area contributed by atoms with Gasteiger partial charge >= 0.3 is 0 Å². The summed E-state index contributed by atoms with van der Waals surface area (Å²) in [5, 5.41) is 8.87. The molecule has 1 N–H and O–H groups in total. The topological polar surface area (TPSA) is 49.5 Å². The second-order valence-electron chi connectivity index (χ2n) is 3.77. The molecule has 0 bridgehead atoms. The standard InChI is InChI=1S/C12H13FN2O2/c1-15(12-14-11(7-16)8-17-12)6-9-3-2-4-10(13)5-9/h2-5,8,16H,6-7H2,1H3. The summed E-state index contributed by atoms with van der Waals surface area (Å²) in [6, 6.07) is 6.76. The van der Waals surface area contributed by atoms with Gasteiger partial charge in [0.25, 0.3) is 6.01 Å². The van der Waals surface area contributed by atoms with E-state index in [4.69, 9.17) is 9.52 Å². The summed E-state index contributed by atoms with van der Waals surface area (Å²) < 4.78 is 18.2. The first kappa shape index (κ1) is 11.6. The van der Waals surface area contributed by atoms with Crippen molar-refractivity contribution in [2.75, 3.05) is 11.9 Å². The quantitative estimate of drug-likeness (QED) is 0.881. The van der Waals surface area contributed by atoms with Crippen molar-refractivity contribution in [1.82, 2.24) is 4.98 Å². The molecule has 0 spiro atoms. The Bertz CT molecular complexity index is 499. The molecule has 2 aromatic rings. The van der Waals surface area contributed by atoms with Gasteiger partial charge in [0.15, 0.2) is 0 Å². The average Bonchev–Trinajstić information content (AvgIpc) is 2.77. The van der Waals surface area contributed by atoms with Crippen molar-refractivity contribution in [2.45, 2.75) is 13.2 Å². The van der Waals surface area contributed by atoms with Gasteiger partial charge in [-0.1, -0.05) is 12.1 Å². The van der Waals surface area contributed by atoms with E-state index in [0.717, 1.165) is 5.56 Å². The molecule has 0 saturated heterocycles. The van der Waals surface area contributed by atoms with E-state index >= 15 is 0 Å². The fourth-order valence-corrected chi connectivity index (χ4v) is 1.52. The molecule has 1 aromatic carbocycles. The third-order valence-corrected chi connectivity index (χ3v) is 2.34. The molecular formula is C12H13FN2O2. The summed E-state index contributed by atoms with van der Waals surface area (Å²) in [4.78, 5) is 5.81. The number of anilines is 1. The van der Waals surface area contributed by atoms with Crippen LogP contribution in [0.3, 0.4) is 0 Å². The fraction of sp³-hybridized carbons (Fsp3) is 0.250. The molecule has 0 unspecified atom stereocenters. The number of oxazole rings is 1. The maximum atomic E-state index is 13.0. The van der Waals surface area contributed by atoms with E-state index in [1.165, 1.54) is 18.4 Å². The van der Waals surface area contributed by atoms with Crippen molar-refractivity contribution in [1.29, 1.82) is 0 Å². The lowest BCUT2D eigenvalue weighted by Gasteiger charge is -2.14. The molecule has 0 radical (unpaired) electrons. The predicted molar refractivity (Wildman–Crippen MR) is 60.9 cm³/mol. The number of nitrogens with zero attached hydrogens (tertiary/aromatic N) is 2. The lowest BCUT2D eigenvalue weighted by atomic mass is 10.2. The van der Waals surface area contributed by atoms with Gasteiger partial charge in [-0.3, -0.25) is 0 Å². The molecular weight excluding hydrogens is 223 g/mol. The van der Waals surface area contributed by atoms with Crippen LogP contribution in [-0.2, 0) is 13.2 Å². The highest BCUT2D eigenvalue weighted by molar-refractivity contribution is 5.29. The minimum Gasteiger partial charge on any atom is -0.432 e. The van der Waals surface area contributed by atoms with Crippen LogP contribution < -0.4 is 4.90 Å². The van der Waals surface area contributed by atoms with Crippen LogP contribution in [0.5, 0.6) is 0 Å². The lowest BCUT2D eigenvalue weighted by Crippen LogP contribution is -2.16. The molecule has 4 nitrogen and oxygen atoms in total. The molecule has 0 aliphatic carbocycles. The van der Waals surface area contributed by atoms with Crippen LogP contribution >= 0.6 is 0 Å². The number of hydrogen-bond acceptors (Lipinski definition) is 4. The van der Waals surface area contributed by atoms with Crippen LogP contribution in [0.2, 0.25) is 0 Å². The summed E-state index contributed by atoms with van der Waals surface area (Å²) >= 11 is 0. The van der Waals surface area contributed by atoms with E-state index in [-0.39, 0.29) is 12.4 Å². The van der Waals surface area contributed by atoms with Gasteiger partial charge in [-0.2, -0.15) is 4.98 Å². The van der Waals surface area contributed by atoms with E-state index in [0.29, 0.717) is 18.3 Å². The lowest BCUT2D eigenvalue weighted by molar-refractivity contribution is 0.276. The molecule has 0 fully saturated rings. The third-order valence-electron chi connectivity index (χ3n) is 2.34. The van der Waals surface area contributed by atoms with Crippen LogP contribution in [0.15, 0.2) is 34.9 Å². The smallest absolute Gasteiger partial charge is 0.297 e. The highest BCUT2D eigenvalue weighted by Gasteiger charge is 2.09. The van der Waals surface area contributed by atoms with Crippen LogP contribution in [0, 0.1) is 5.82 Å². The van der Waals surface area contributed by atoms with Gasteiger partial charge < -0.3 is 14.4 Å². The van der Waals surface area contributed by atoms with E-state index in [1.54, 1.807) is 18.0 Å². The SMILES string of the molecule is CN(Cc1cccc(F)c1)c1nc(CO)co1. The number of aliphatic hydroxyl groups is 1. The summed E-state index contributed by atoms with van der Waals surface area (Å²) in [6.07, 6.45) is 1.40. The molecule has 0 aliphatic rings. The Morgan fingerprint density at radius 1 is 1.47 bits per heavy atom. The molecule has 2 rings (SSSR count).